The zero-order valence-electron chi connectivity index (χ0n) is 32.1. The fraction of sp³-hybridized carbons (Fsp3) is 0.111. The van der Waals surface area contributed by atoms with Gasteiger partial charge in [-0.05, 0) is 104 Å². The molecule has 0 saturated carbocycles. The first kappa shape index (κ1) is 32.8. The highest BCUT2D eigenvalue weighted by Gasteiger charge is 2.38. The molecule has 2 aliphatic rings. The summed E-state index contributed by atoms with van der Waals surface area (Å²) in [6.07, 6.45) is 0. The van der Waals surface area contributed by atoms with Crippen molar-refractivity contribution in [3.8, 4) is 44.5 Å². The number of fused-ring (bicyclic) bond motifs is 9. The van der Waals surface area contributed by atoms with Crippen molar-refractivity contribution in [1.29, 1.82) is 0 Å². The Morgan fingerprint density at radius 1 is 0.375 bits per heavy atom. The van der Waals surface area contributed by atoms with Crippen LogP contribution in [0.2, 0.25) is 0 Å². The van der Waals surface area contributed by atoms with Gasteiger partial charge < -0.3 is 9.32 Å². The van der Waals surface area contributed by atoms with Gasteiger partial charge in [-0.3, -0.25) is 0 Å². The highest BCUT2D eigenvalue weighted by Crippen LogP contribution is 2.55. The van der Waals surface area contributed by atoms with Crippen LogP contribution in [0, 0.1) is 0 Å². The molecule has 0 atom stereocenters. The normalized spacial score (nSPS) is 14.4. The Bertz CT molecular complexity index is 3010. The van der Waals surface area contributed by atoms with Gasteiger partial charge in [0.25, 0.3) is 0 Å². The van der Waals surface area contributed by atoms with E-state index in [0.717, 1.165) is 38.9 Å². The van der Waals surface area contributed by atoms with Crippen LogP contribution in [0.3, 0.4) is 0 Å². The minimum Gasteiger partial charge on any atom is -0.456 e. The van der Waals surface area contributed by atoms with Gasteiger partial charge in [0, 0.05) is 38.5 Å². The van der Waals surface area contributed by atoms with E-state index in [9.17, 15) is 0 Å². The number of rotatable bonds is 5. The van der Waals surface area contributed by atoms with E-state index in [1.54, 1.807) is 0 Å². The summed E-state index contributed by atoms with van der Waals surface area (Å²) in [6, 6.07) is 64.5. The molecule has 2 aliphatic carbocycles. The summed E-state index contributed by atoms with van der Waals surface area (Å²) in [7, 11) is 0. The van der Waals surface area contributed by atoms with Crippen molar-refractivity contribution in [3.63, 3.8) is 0 Å². The Kier molecular flexibility index (Phi) is 6.98. The molecule has 0 fully saturated rings. The molecule has 2 heteroatoms. The number of anilines is 3. The van der Waals surface area contributed by atoms with Crippen LogP contribution in [-0.2, 0) is 10.8 Å². The smallest absolute Gasteiger partial charge is 0.136 e. The molecule has 2 nitrogen and oxygen atoms in total. The van der Waals surface area contributed by atoms with Crippen molar-refractivity contribution >= 4 is 39.0 Å². The molecule has 8 aromatic carbocycles. The molecule has 0 bridgehead atoms. The molecular weight excluding hydrogens is 679 g/mol. The molecule has 1 aromatic heterocycles. The van der Waals surface area contributed by atoms with Crippen molar-refractivity contribution < 1.29 is 4.42 Å². The molecule has 0 spiro atoms. The lowest BCUT2D eigenvalue weighted by atomic mass is 9.82. The second kappa shape index (κ2) is 11.9. The molecule has 0 radical (unpaired) electrons. The topological polar surface area (TPSA) is 16.4 Å². The minimum absolute atomic E-state index is 0.0428. The zero-order chi connectivity index (χ0) is 37.8. The lowest BCUT2D eigenvalue weighted by Gasteiger charge is -2.29. The lowest BCUT2D eigenvalue weighted by molar-refractivity contribution is 0.660. The van der Waals surface area contributed by atoms with Crippen LogP contribution in [0.1, 0.15) is 49.9 Å². The van der Waals surface area contributed by atoms with Gasteiger partial charge in [0.05, 0.1) is 5.69 Å². The van der Waals surface area contributed by atoms with E-state index in [0.29, 0.717) is 0 Å². The predicted octanol–water partition coefficient (Wildman–Crippen LogP) is 15.0. The van der Waals surface area contributed by atoms with E-state index >= 15 is 0 Å². The van der Waals surface area contributed by atoms with Crippen LogP contribution < -0.4 is 4.90 Å². The fourth-order valence-electron chi connectivity index (χ4n) is 9.94. The Morgan fingerprint density at radius 3 is 1.52 bits per heavy atom. The SMILES string of the molecule is CC1(C)c2ccccc2-c2c(-c3ccc(N(c4ccc(-c5cccc6oc7ccccc7c56)cc4)c4cccc5c4-c4ccccc4C5(C)C)cc3)cccc21. The first-order chi connectivity index (χ1) is 27.3. The Hall–Kier alpha value is -6.64. The maximum absolute atomic E-state index is 6.27. The molecule has 0 aliphatic heterocycles. The van der Waals surface area contributed by atoms with Gasteiger partial charge in [-0.15, -0.1) is 0 Å². The first-order valence-electron chi connectivity index (χ1n) is 19.7. The molecule has 0 saturated heterocycles. The van der Waals surface area contributed by atoms with E-state index in [4.69, 9.17) is 4.42 Å². The Labute approximate surface area is 328 Å². The van der Waals surface area contributed by atoms with Gasteiger partial charge in [-0.1, -0.05) is 161 Å². The van der Waals surface area contributed by atoms with Gasteiger partial charge in [0.15, 0.2) is 0 Å². The zero-order valence-corrected chi connectivity index (χ0v) is 32.1. The van der Waals surface area contributed by atoms with Crippen LogP contribution in [-0.4, -0.2) is 0 Å². The van der Waals surface area contributed by atoms with Gasteiger partial charge in [-0.25, -0.2) is 0 Å². The third kappa shape index (κ3) is 4.62. The van der Waals surface area contributed by atoms with E-state index in [-0.39, 0.29) is 10.8 Å². The van der Waals surface area contributed by atoms with Gasteiger partial charge >= 0.3 is 0 Å². The number of benzene rings is 8. The molecular formula is C54H41NO. The summed E-state index contributed by atoms with van der Waals surface area (Å²) in [5.74, 6) is 0. The van der Waals surface area contributed by atoms with E-state index in [1.165, 1.54) is 66.9 Å². The Balaban J connectivity index is 1.07. The second-order valence-electron chi connectivity index (χ2n) is 16.5. The molecule has 0 unspecified atom stereocenters. The van der Waals surface area contributed by atoms with E-state index in [2.05, 4.69) is 196 Å². The number of para-hydroxylation sites is 1. The maximum atomic E-state index is 6.27. The van der Waals surface area contributed by atoms with Crippen molar-refractivity contribution in [1.82, 2.24) is 0 Å². The van der Waals surface area contributed by atoms with Crippen molar-refractivity contribution in [2.24, 2.45) is 0 Å². The second-order valence-corrected chi connectivity index (χ2v) is 16.5. The summed E-state index contributed by atoms with van der Waals surface area (Å²) >= 11 is 0. The van der Waals surface area contributed by atoms with Crippen LogP contribution in [0.15, 0.2) is 180 Å². The molecule has 9 aromatic rings. The summed E-state index contributed by atoms with van der Waals surface area (Å²) in [6.45, 7) is 9.41. The first-order valence-corrected chi connectivity index (χ1v) is 19.7. The number of hydrogen-bond donors (Lipinski definition) is 0. The summed E-state index contributed by atoms with van der Waals surface area (Å²) in [4.78, 5) is 2.45. The fourth-order valence-corrected chi connectivity index (χ4v) is 9.94. The number of nitrogens with zero attached hydrogens (tertiary/aromatic N) is 1. The van der Waals surface area contributed by atoms with Crippen molar-refractivity contribution in [2.45, 2.75) is 38.5 Å². The quantitative estimate of drug-likeness (QED) is 0.176. The van der Waals surface area contributed by atoms with Crippen LogP contribution in [0.25, 0.3) is 66.4 Å². The van der Waals surface area contributed by atoms with Crippen molar-refractivity contribution in [2.75, 3.05) is 4.90 Å². The number of hydrogen-bond acceptors (Lipinski definition) is 2. The molecule has 56 heavy (non-hydrogen) atoms. The van der Waals surface area contributed by atoms with Crippen LogP contribution in [0.4, 0.5) is 17.1 Å². The molecule has 1 heterocycles. The highest BCUT2D eigenvalue weighted by molar-refractivity contribution is 6.12. The van der Waals surface area contributed by atoms with Crippen LogP contribution >= 0.6 is 0 Å². The summed E-state index contributed by atoms with van der Waals surface area (Å²) in [5.41, 5.74) is 20.7. The van der Waals surface area contributed by atoms with E-state index in [1.807, 2.05) is 12.1 Å². The molecule has 268 valence electrons. The maximum Gasteiger partial charge on any atom is 0.136 e. The van der Waals surface area contributed by atoms with Gasteiger partial charge in [0.1, 0.15) is 11.2 Å². The molecule has 0 N–H and O–H groups in total. The Morgan fingerprint density at radius 2 is 0.839 bits per heavy atom. The average molecular weight is 720 g/mol. The highest BCUT2D eigenvalue weighted by atomic mass is 16.3. The largest absolute Gasteiger partial charge is 0.456 e. The average Bonchev–Trinajstić information content (AvgIpc) is 3.82. The van der Waals surface area contributed by atoms with E-state index < -0.39 is 0 Å². The molecule has 0 amide bonds. The minimum atomic E-state index is -0.106. The standard InChI is InChI=1S/C54H41NO/c1-53(2)43-19-8-5-14-40(43)50-38(17-11-21-45(50)53)34-26-30-36(31-27-34)55(47-23-13-22-46-52(47)41-15-6-9-20-44(41)54(46,3)4)37-32-28-35(29-33-37)39-18-12-25-49-51(39)42-16-7-10-24-48(42)56-49/h5-33H,1-4H3. The van der Waals surface area contributed by atoms with Gasteiger partial charge in [-0.2, -0.15) is 0 Å². The summed E-state index contributed by atoms with van der Waals surface area (Å²) < 4.78 is 6.27. The van der Waals surface area contributed by atoms with Crippen molar-refractivity contribution in [3.05, 3.63) is 198 Å². The third-order valence-corrected chi connectivity index (χ3v) is 12.7. The predicted molar refractivity (Wildman–Crippen MR) is 234 cm³/mol. The van der Waals surface area contributed by atoms with Gasteiger partial charge in [0.2, 0.25) is 0 Å². The number of furan rings is 1. The van der Waals surface area contributed by atoms with Crippen LogP contribution in [0.5, 0.6) is 0 Å². The lowest BCUT2D eigenvalue weighted by Crippen LogP contribution is -2.16. The summed E-state index contributed by atoms with van der Waals surface area (Å²) in [5, 5.41) is 2.29. The molecule has 11 rings (SSSR count). The monoisotopic (exact) mass is 719 g/mol. The third-order valence-electron chi connectivity index (χ3n) is 12.7.